The van der Waals surface area contributed by atoms with E-state index < -0.39 is 0 Å². The predicted molar refractivity (Wildman–Crippen MR) is 87.3 cm³/mol. The van der Waals surface area contributed by atoms with Crippen LogP contribution in [-0.2, 0) is 4.79 Å². The molecular formula is C19H22O3. The average Bonchev–Trinajstić information content (AvgIpc) is 2.48. The zero-order valence-corrected chi connectivity index (χ0v) is 13.0. The largest absolute Gasteiger partial charge is 0.508 e. The minimum atomic E-state index is 0.139. The van der Waals surface area contributed by atoms with Gasteiger partial charge in [0.2, 0.25) is 0 Å². The standard InChI is InChI=1S/C19H22O3/c1-13(15-3-7-17(20)8-4-15)11-19(22)12-14(2)16-5-9-18(21)10-6-16/h3-10,13-14,20-21H,11-12H2,1-2H3. The van der Waals surface area contributed by atoms with E-state index in [0.29, 0.717) is 12.8 Å². The molecule has 2 unspecified atom stereocenters. The molecule has 2 aromatic carbocycles. The Bertz CT molecular complexity index is 559. The second kappa shape index (κ2) is 7.12. The highest BCUT2D eigenvalue weighted by molar-refractivity contribution is 5.80. The van der Waals surface area contributed by atoms with Crippen LogP contribution in [0.2, 0.25) is 0 Å². The summed E-state index contributed by atoms with van der Waals surface area (Å²) in [5.41, 5.74) is 2.12. The third kappa shape index (κ3) is 4.35. The maximum atomic E-state index is 12.2. The molecule has 0 amide bonds. The number of hydrogen-bond acceptors (Lipinski definition) is 3. The van der Waals surface area contributed by atoms with E-state index in [-0.39, 0.29) is 29.1 Å². The lowest BCUT2D eigenvalue weighted by molar-refractivity contribution is -0.119. The molecule has 0 saturated heterocycles. The smallest absolute Gasteiger partial charge is 0.134 e. The predicted octanol–water partition coefficient (Wildman–Crippen LogP) is 4.35. The van der Waals surface area contributed by atoms with Crippen molar-refractivity contribution in [2.24, 2.45) is 0 Å². The summed E-state index contributed by atoms with van der Waals surface area (Å²) in [5.74, 6) is 0.979. The third-order valence-electron chi connectivity index (χ3n) is 3.99. The van der Waals surface area contributed by atoms with Crippen molar-refractivity contribution in [3.63, 3.8) is 0 Å². The summed E-state index contributed by atoms with van der Waals surface area (Å²) in [6.07, 6.45) is 0.987. The fourth-order valence-corrected chi connectivity index (χ4v) is 2.61. The number of hydrogen-bond donors (Lipinski definition) is 2. The van der Waals surface area contributed by atoms with Gasteiger partial charge in [-0.3, -0.25) is 4.79 Å². The summed E-state index contributed by atoms with van der Waals surface area (Å²) in [6, 6.07) is 14.0. The summed E-state index contributed by atoms with van der Waals surface area (Å²) < 4.78 is 0. The molecular weight excluding hydrogens is 276 g/mol. The van der Waals surface area contributed by atoms with E-state index in [2.05, 4.69) is 0 Å². The maximum absolute atomic E-state index is 12.2. The van der Waals surface area contributed by atoms with E-state index in [0.717, 1.165) is 11.1 Å². The average molecular weight is 298 g/mol. The van der Waals surface area contributed by atoms with E-state index in [1.165, 1.54) is 0 Å². The lowest BCUT2D eigenvalue weighted by Crippen LogP contribution is -2.08. The maximum Gasteiger partial charge on any atom is 0.134 e. The minimum absolute atomic E-state index is 0.139. The van der Waals surface area contributed by atoms with Gasteiger partial charge in [0.15, 0.2) is 0 Å². The second-order valence-corrected chi connectivity index (χ2v) is 5.93. The van der Waals surface area contributed by atoms with Crippen molar-refractivity contribution in [1.82, 2.24) is 0 Å². The van der Waals surface area contributed by atoms with E-state index in [1.54, 1.807) is 24.3 Å². The number of benzene rings is 2. The van der Waals surface area contributed by atoms with Crippen LogP contribution >= 0.6 is 0 Å². The summed E-state index contributed by atoms with van der Waals surface area (Å²) in [6.45, 7) is 4.05. The Hall–Kier alpha value is -2.29. The van der Waals surface area contributed by atoms with Crippen molar-refractivity contribution < 1.29 is 15.0 Å². The van der Waals surface area contributed by atoms with Crippen molar-refractivity contribution in [3.05, 3.63) is 59.7 Å². The summed E-state index contributed by atoms with van der Waals surface area (Å²) in [4.78, 5) is 12.2. The van der Waals surface area contributed by atoms with Gasteiger partial charge in [0.25, 0.3) is 0 Å². The van der Waals surface area contributed by atoms with Gasteiger partial charge in [-0.2, -0.15) is 0 Å². The first-order valence-electron chi connectivity index (χ1n) is 7.55. The first kappa shape index (κ1) is 16.1. The number of Topliss-reactive ketones (excluding diaryl/α,β-unsaturated/α-hetero) is 1. The van der Waals surface area contributed by atoms with Crippen LogP contribution in [0.15, 0.2) is 48.5 Å². The van der Waals surface area contributed by atoms with E-state index in [1.807, 2.05) is 38.1 Å². The summed E-state index contributed by atoms with van der Waals surface area (Å²) >= 11 is 0. The van der Waals surface area contributed by atoms with E-state index >= 15 is 0 Å². The fourth-order valence-electron chi connectivity index (χ4n) is 2.61. The van der Waals surface area contributed by atoms with Gasteiger partial charge >= 0.3 is 0 Å². The highest BCUT2D eigenvalue weighted by atomic mass is 16.3. The van der Waals surface area contributed by atoms with Gasteiger partial charge in [-0.25, -0.2) is 0 Å². The van der Waals surface area contributed by atoms with Crippen LogP contribution < -0.4 is 0 Å². The molecule has 0 heterocycles. The molecule has 3 nitrogen and oxygen atoms in total. The molecule has 0 aromatic heterocycles. The van der Waals surface area contributed by atoms with E-state index in [9.17, 15) is 15.0 Å². The van der Waals surface area contributed by atoms with Crippen molar-refractivity contribution in [2.75, 3.05) is 0 Å². The Morgan fingerprint density at radius 2 is 1.09 bits per heavy atom. The van der Waals surface area contributed by atoms with Crippen LogP contribution in [-0.4, -0.2) is 16.0 Å². The van der Waals surface area contributed by atoms with Crippen LogP contribution in [0.25, 0.3) is 0 Å². The lowest BCUT2D eigenvalue weighted by Gasteiger charge is -2.14. The topological polar surface area (TPSA) is 57.5 Å². The summed E-state index contributed by atoms with van der Waals surface area (Å²) in [5, 5.41) is 18.6. The van der Waals surface area contributed by atoms with Gasteiger partial charge in [0.1, 0.15) is 17.3 Å². The molecule has 2 aromatic rings. The molecule has 0 fully saturated rings. The van der Waals surface area contributed by atoms with Crippen molar-refractivity contribution in [1.29, 1.82) is 0 Å². The number of phenolic OH excluding ortho intramolecular Hbond substituents is 2. The van der Waals surface area contributed by atoms with Crippen LogP contribution in [0, 0.1) is 0 Å². The van der Waals surface area contributed by atoms with Crippen LogP contribution in [0.1, 0.15) is 49.7 Å². The Morgan fingerprint density at radius 3 is 1.41 bits per heavy atom. The Kier molecular flexibility index (Phi) is 5.21. The van der Waals surface area contributed by atoms with Crippen LogP contribution in [0.5, 0.6) is 11.5 Å². The molecule has 22 heavy (non-hydrogen) atoms. The van der Waals surface area contributed by atoms with Crippen molar-refractivity contribution in [2.45, 2.75) is 38.5 Å². The summed E-state index contributed by atoms with van der Waals surface area (Å²) in [7, 11) is 0. The third-order valence-corrected chi connectivity index (χ3v) is 3.99. The molecule has 3 heteroatoms. The molecule has 0 radical (unpaired) electrons. The van der Waals surface area contributed by atoms with Crippen LogP contribution in [0.3, 0.4) is 0 Å². The SMILES string of the molecule is CC(CC(=O)CC(C)c1ccc(O)cc1)c1ccc(O)cc1. The normalized spacial score (nSPS) is 13.5. The Balaban J connectivity index is 1.91. The Labute approximate surface area is 131 Å². The molecule has 0 aliphatic heterocycles. The number of aromatic hydroxyl groups is 2. The number of carbonyl (C=O) groups excluding carboxylic acids is 1. The van der Waals surface area contributed by atoms with Crippen molar-refractivity contribution >= 4 is 5.78 Å². The highest BCUT2D eigenvalue weighted by Crippen LogP contribution is 2.26. The van der Waals surface area contributed by atoms with Crippen LogP contribution in [0.4, 0.5) is 0 Å². The number of phenols is 2. The van der Waals surface area contributed by atoms with Gasteiger partial charge in [0.05, 0.1) is 0 Å². The molecule has 116 valence electrons. The molecule has 0 saturated carbocycles. The number of ketones is 1. The molecule has 2 rings (SSSR count). The number of rotatable bonds is 6. The van der Waals surface area contributed by atoms with Gasteiger partial charge in [0, 0.05) is 12.8 Å². The Morgan fingerprint density at radius 1 is 0.773 bits per heavy atom. The van der Waals surface area contributed by atoms with Gasteiger partial charge in [-0.15, -0.1) is 0 Å². The molecule has 0 bridgehead atoms. The van der Waals surface area contributed by atoms with Gasteiger partial charge < -0.3 is 10.2 Å². The second-order valence-electron chi connectivity index (χ2n) is 5.93. The molecule has 2 atom stereocenters. The van der Waals surface area contributed by atoms with Gasteiger partial charge in [-0.1, -0.05) is 38.1 Å². The zero-order chi connectivity index (χ0) is 16.1. The molecule has 0 aliphatic carbocycles. The first-order chi connectivity index (χ1) is 10.5. The number of carbonyl (C=O) groups is 1. The first-order valence-corrected chi connectivity index (χ1v) is 7.55. The highest BCUT2D eigenvalue weighted by Gasteiger charge is 2.15. The monoisotopic (exact) mass is 298 g/mol. The molecule has 0 aliphatic rings. The van der Waals surface area contributed by atoms with Gasteiger partial charge in [-0.05, 0) is 47.2 Å². The minimum Gasteiger partial charge on any atom is -0.508 e. The van der Waals surface area contributed by atoms with Crippen molar-refractivity contribution in [3.8, 4) is 11.5 Å². The lowest BCUT2D eigenvalue weighted by atomic mass is 9.90. The molecule has 2 N–H and O–H groups in total. The molecule has 0 spiro atoms. The quantitative estimate of drug-likeness (QED) is 0.833. The zero-order valence-electron chi connectivity index (χ0n) is 13.0. The van der Waals surface area contributed by atoms with E-state index in [4.69, 9.17) is 0 Å². The fraction of sp³-hybridized carbons (Fsp3) is 0.316.